The summed E-state index contributed by atoms with van der Waals surface area (Å²) in [5.74, 6) is -0.303. The van der Waals surface area contributed by atoms with Crippen molar-refractivity contribution in [3.63, 3.8) is 0 Å². The van der Waals surface area contributed by atoms with Gasteiger partial charge >= 0.3 is 0 Å². The van der Waals surface area contributed by atoms with E-state index in [1.165, 1.54) is 16.6 Å². The third-order valence-corrected chi connectivity index (χ3v) is 6.27. The second-order valence-corrected chi connectivity index (χ2v) is 8.62. The number of sulfonamides is 1. The van der Waals surface area contributed by atoms with Crippen LogP contribution in [0.2, 0.25) is 0 Å². The minimum atomic E-state index is -3.21. The fraction of sp³-hybridized carbons (Fsp3) is 0.533. The van der Waals surface area contributed by atoms with E-state index in [0.29, 0.717) is 30.8 Å². The standard InChI is InChI=1S/C15H19FN4O2S/c1-10-11-7-14(12(16)8-13(11)18-17-10)20-6-5-19(23(2,21)22)9-15(20)3-4-15/h7-8H,3-6,9H2,1-2H3,(H,17,18). The average molecular weight is 338 g/mol. The van der Waals surface area contributed by atoms with E-state index in [-0.39, 0.29) is 11.4 Å². The summed E-state index contributed by atoms with van der Waals surface area (Å²) in [6.07, 6.45) is 3.02. The lowest BCUT2D eigenvalue weighted by Crippen LogP contribution is -2.56. The molecule has 2 fully saturated rings. The fourth-order valence-electron chi connectivity index (χ4n) is 3.53. The van der Waals surface area contributed by atoms with Gasteiger partial charge in [-0.2, -0.15) is 9.40 Å². The molecule has 4 rings (SSSR count). The first-order valence-corrected chi connectivity index (χ1v) is 9.52. The predicted molar refractivity (Wildman–Crippen MR) is 86.5 cm³/mol. The quantitative estimate of drug-likeness (QED) is 0.903. The molecule has 1 N–H and O–H groups in total. The van der Waals surface area contributed by atoms with Crippen LogP contribution in [0.15, 0.2) is 12.1 Å². The maximum Gasteiger partial charge on any atom is 0.211 e. The van der Waals surface area contributed by atoms with Gasteiger partial charge in [0.25, 0.3) is 0 Å². The Morgan fingerprint density at radius 2 is 2.04 bits per heavy atom. The number of aromatic nitrogens is 2. The van der Waals surface area contributed by atoms with Gasteiger partial charge in [-0.3, -0.25) is 5.10 Å². The van der Waals surface area contributed by atoms with Crippen LogP contribution in [0.3, 0.4) is 0 Å². The first-order chi connectivity index (χ1) is 10.8. The van der Waals surface area contributed by atoms with E-state index in [1.807, 2.05) is 13.0 Å². The highest BCUT2D eigenvalue weighted by Gasteiger charge is 2.53. The number of hydrogen-bond donors (Lipinski definition) is 1. The molecule has 2 aromatic rings. The van der Waals surface area contributed by atoms with Crippen LogP contribution >= 0.6 is 0 Å². The Bertz CT molecular complexity index is 888. The first-order valence-electron chi connectivity index (χ1n) is 7.67. The summed E-state index contributed by atoms with van der Waals surface area (Å²) >= 11 is 0. The molecule has 1 spiro atoms. The number of H-pyrrole nitrogens is 1. The molecule has 0 unspecified atom stereocenters. The number of anilines is 1. The van der Waals surface area contributed by atoms with Gasteiger partial charge in [-0.1, -0.05) is 0 Å². The lowest BCUT2D eigenvalue weighted by molar-refractivity contribution is 0.321. The monoisotopic (exact) mass is 338 g/mol. The largest absolute Gasteiger partial charge is 0.361 e. The van der Waals surface area contributed by atoms with Gasteiger partial charge < -0.3 is 4.90 Å². The lowest BCUT2D eigenvalue weighted by Gasteiger charge is -2.42. The van der Waals surface area contributed by atoms with Crippen molar-refractivity contribution in [1.29, 1.82) is 0 Å². The summed E-state index contributed by atoms with van der Waals surface area (Å²) in [4.78, 5) is 2.05. The predicted octanol–water partition coefficient (Wildman–Crippen LogP) is 1.62. The molecule has 2 heterocycles. The number of fused-ring (bicyclic) bond motifs is 1. The van der Waals surface area contributed by atoms with Crippen LogP contribution in [0.4, 0.5) is 10.1 Å². The molecule has 0 atom stereocenters. The maximum absolute atomic E-state index is 14.6. The molecule has 0 bridgehead atoms. The molecule has 0 amide bonds. The van der Waals surface area contributed by atoms with Gasteiger partial charge in [-0.25, -0.2) is 12.8 Å². The number of hydrogen-bond acceptors (Lipinski definition) is 4. The number of aromatic amines is 1. The molecule has 1 aromatic carbocycles. The van der Waals surface area contributed by atoms with E-state index in [2.05, 4.69) is 15.1 Å². The van der Waals surface area contributed by atoms with Crippen LogP contribution in [0.1, 0.15) is 18.5 Å². The van der Waals surface area contributed by atoms with E-state index in [0.717, 1.165) is 23.9 Å². The van der Waals surface area contributed by atoms with Crippen LogP contribution in [-0.4, -0.2) is 54.3 Å². The van der Waals surface area contributed by atoms with E-state index in [1.54, 1.807) is 0 Å². The Morgan fingerprint density at radius 3 is 2.70 bits per heavy atom. The second kappa shape index (κ2) is 4.67. The van der Waals surface area contributed by atoms with Crippen LogP contribution in [0.5, 0.6) is 0 Å². The topological polar surface area (TPSA) is 69.3 Å². The third kappa shape index (κ3) is 2.31. The number of nitrogens with zero attached hydrogens (tertiary/aromatic N) is 3. The minimum absolute atomic E-state index is 0.256. The van der Waals surface area contributed by atoms with E-state index in [9.17, 15) is 12.8 Å². The molecular formula is C15H19FN4O2S. The Balaban J connectivity index is 1.74. The van der Waals surface area contributed by atoms with Gasteiger partial charge in [0.2, 0.25) is 10.0 Å². The van der Waals surface area contributed by atoms with Crippen molar-refractivity contribution in [3.05, 3.63) is 23.6 Å². The normalized spacial score (nSPS) is 21.3. The van der Waals surface area contributed by atoms with Gasteiger partial charge in [-0.05, 0) is 25.8 Å². The lowest BCUT2D eigenvalue weighted by atomic mass is 10.1. The van der Waals surface area contributed by atoms with Crippen LogP contribution in [0, 0.1) is 12.7 Å². The Labute approximate surface area is 134 Å². The first kappa shape index (κ1) is 14.9. The number of rotatable bonds is 2. The van der Waals surface area contributed by atoms with Crippen molar-refractivity contribution >= 4 is 26.6 Å². The molecular weight excluding hydrogens is 319 g/mol. The molecule has 1 aliphatic carbocycles. The van der Waals surface area contributed by atoms with Gasteiger partial charge in [0.05, 0.1) is 23.0 Å². The zero-order chi connectivity index (χ0) is 16.4. The van der Waals surface area contributed by atoms with E-state index >= 15 is 0 Å². The summed E-state index contributed by atoms with van der Waals surface area (Å²) < 4.78 is 39.7. The Kier molecular flexibility index (Phi) is 3.02. The highest BCUT2D eigenvalue weighted by Crippen LogP contribution is 2.47. The summed E-state index contributed by atoms with van der Waals surface area (Å²) in [7, 11) is -3.21. The average Bonchev–Trinajstić information content (AvgIpc) is 3.15. The summed E-state index contributed by atoms with van der Waals surface area (Å²) in [6, 6.07) is 3.28. The van der Waals surface area contributed by atoms with Crippen molar-refractivity contribution in [2.24, 2.45) is 0 Å². The van der Waals surface area contributed by atoms with Crippen LogP contribution in [0.25, 0.3) is 10.9 Å². The SMILES string of the molecule is Cc1[nH]nc2cc(F)c(N3CCN(S(C)(=O)=O)CC34CC4)cc12. The molecule has 8 heteroatoms. The molecule has 124 valence electrons. The number of aryl methyl sites for hydroxylation is 1. The minimum Gasteiger partial charge on any atom is -0.361 e. The third-order valence-electron chi connectivity index (χ3n) is 5.02. The van der Waals surface area contributed by atoms with Crippen molar-refractivity contribution < 1.29 is 12.8 Å². The summed E-state index contributed by atoms with van der Waals surface area (Å²) in [5, 5.41) is 7.87. The van der Waals surface area contributed by atoms with Gasteiger partial charge in [-0.15, -0.1) is 0 Å². The smallest absolute Gasteiger partial charge is 0.211 e. The molecule has 1 aliphatic heterocycles. The zero-order valence-electron chi connectivity index (χ0n) is 13.1. The molecule has 1 aromatic heterocycles. The fourth-order valence-corrected chi connectivity index (χ4v) is 4.42. The number of piperazine rings is 1. The molecule has 1 saturated carbocycles. The molecule has 6 nitrogen and oxygen atoms in total. The summed E-state index contributed by atoms with van der Waals surface area (Å²) in [5.41, 5.74) is 1.81. The Hall–Kier alpha value is -1.67. The van der Waals surface area contributed by atoms with Crippen LogP contribution in [-0.2, 0) is 10.0 Å². The van der Waals surface area contributed by atoms with Crippen molar-refractivity contribution in [2.75, 3.05) is 30.8 Å². The van der Waals surface area contributed by atoms with Crippen molar-refractivity contribution in [2.45, 2.75) is 25.3 Å². The maximum atomic E-state index is 14.6. The van der Waals surface area contributed by atoms with Gasteiger partial charge in [0.1, 0.15) is 5.82 Å². The molecule has 1 saturated heterocycles. The zero-order valence-corrected chi connectivity index (χ0v) is 14.0. The van der Waals surface area contributed by atoms with Gasteiger partial charge in [0, 0.05) is 36.8 Å². The number of halogens is 1. The van der Waals surface area contributed by atoms with Crippen molar-refractivity contribution in [3.8, 4) is 0 Å². The second-order valence-electron chi connectivity index (χ2n) is 6.64. The number of benzene rings is 1. The molecule has 0 radical (unpaired) electrons. The highest BCUT2D eigenvalue weighted by molar-refractivity contribution is 7.88. The van der Waals surface area contributed by atoms with Crippen LogP contribution < -0.4 is 4.90 Å². The van der Waals surface area contributed by atoms with Crippen molar-refractivity contribution in [1.82, 2.24) is 14.5 Å². The molecule has 2 aliphatic rings. The summed E-state index contributed by atoms with van der Waals surface area (Å²) in [6.45, 7) is 3.24. The Morgan fingerprint density at radius 1 is 1.30 bits per heavy atom. The van der Waals surface area contributed by atoms with E-state index < -0.39 is 10.0 Å². The molecule has 23 heavy (non-hydrogen) atoms. The van der Waals surface area contributed by atoms with E-state index in [4.69, 9.17) is 0 Å². The van der Waals surface area contributed by atoms with Gasteiger partial charge in [0.15, 0.2) is 0 Å². The number of nitrogens with one attached hydrogen (secondary N) is 1. The highest BCUT2D eigenvalue weighted by atomic mass is 32.2.